The zero-order chi connectivity index (χ0) is 16.8. The van der Waals surface area contributed by atoms with E-state index in [1.54, 1.807) is 0 Å². The number of nitrogens with zero attached hydrogens (tertiary/aromatic N) is 1. The Bertz CT molecular complexity index is 302. The van der Waals surface area contributed by atoms with Gasteiger partial charge in [-0.2, -0.15) is 0 Å². The van der Waals surface area contributed by atoms with Gasteiger partial charge >= 0.3 is 5.91 Å². The fourth-order valence-corrected chi connectivity index (χ4v) is 2.88. The van der Waals surface area contributed by atoms with Crippen LogP contribution in [-0.2, 0) is 4.79 Å². The number of carbonyl (C=O) groups is 1. The molecule has 0 bridgehead atoms. The van der Waals surface area contributed by atoms with Gasteiger partial charge in [0.2, 0.25) is 0 Å². The SMILES string of the molecule is C=CC(=O)[N+](C)(C)C(C)CCCCCCCCCCCCC.[Br-]. The first-order valence-corrected chi connectivity index (χ1v) is 9.47. The van der Waals surface area contributed by atoms with Gasteiger partial charge in [-0.25, -0.2) is 4.79 Å². The molecule has 0 spiro atoms. The van der Waals surface area contributed by atoms with Crippen LogP contribution in [0.1, 0.15) is 90.9 Å². The normalized spacial score (nSPS) is 12.5. The zero-order valence-electron chi connectivity index (χ0n) is 16.1. The number of hydrogen-bond acceptors (Lipinski definition) is 1. The lowest BCUT2D eigenvalue weighted by atomic mass is 10.0. The van der Waals surface area contributed by atoms with Crippen LogP contribution in [0.5, 0.6) is 0 Å². The minimum Gasteiger partial charge on any atom is -1.00 e. The average molecular weight is 390 g/mol. The third-order valence-corrected chi connectivity index (χ3v) is 5.07. The van der Waals surface area contributed by atoms with E-state index in [0.717, 1.165) is 6.42 Å². The quantitative estimate of drug-likeness (QED) is 0.253. The number of unbranched alkanes of at least 4 members (excludes halogenated alkanes) is 10. The lowest BCUT2D eigenvalue weighted by molar-refractivity contribution is -0.836. The third kappa shape index (κ3) is 11.9. The smallest absolute Gasteiger partial charge is 0.337 e. The molecule has 0 aliphatic carbocycles. The molecule has 0 fully saturated rings. The van der Waals surface area contributed by atoms with Crippen molar-refractivity contribution in [3.63, 3.8) is 0 Å². The summed E-state index contributed by atoms with van der Waals surface area (Å²) in [6, 6.07) is 0.379. The molecule has 3 heteroatoms. The van der Waals surface area contributed by atoms with E-state index >= 15 is 0 Å². The number of halogens is 1. The molecule has 0 rings (SSSR count). The predicted molar refractivity (Wildman–Crippen MR) is 97.9 cm³/mol. The van der Waals surface area contributed by atoms with Crippen molar-refractivity contribution >= 4 is 5.91 Å². The number of rotatable bonds is 14. The molecular weight excluding hydrogens is 350 g/mol. The van der Waals surface area contributed by atoms with Crippen molar-refractivity contribution in [2.75, 3.05) is 14.1 Å². The van der Waals surface area contributed by atoms with Gasteiger partial charge in [0, 0.05) is 6.08 Å². The van der Waals surface area contributed by atoms with Crippen molar-refractivity contribution in [3.8, 4) is 0 Å². The highest BCUT2D eigenvalue weighted by molar-refractivity contribution is 5.80. The van der Waals surface area contributed by atoms with E-state index in [2.05, 4.69) is 20.4 Å². The van der Waals surface area contributed by atoms with Crippen LogP contribution in [0.15, 0.2) is 12.7 Å². The maximum Gasteiger partial charge on any atom is 0.337 e. The second-order valence-corrected chi connectivity index (χ2v) is 7.26. The molecule has 1 unspecified atom stereocenters. The first-order chi connectivity index (χ1) is 10.5. The van der Waals surface area contributed by atoms with Gasteiger partial charge < -0.3 is 17.0 Å². The van der Waals surface area contributed by atoms with Gasteiger partial charge in [0.1, 0.15) is 0 Å². The van der Waals surface area contributed by atoms with E-state index in [-0.39, 0.29) is 22.9 Å². The number of hydrogen-bond donors (Lipinski definition) is 0. The van der Waals surface area contributed by atoms with Gasteiger partial charge in [-0.3, -0.25) is 4.48 Å². The number of amides is 1. The van der Waals surface area contributed by atoms with E-state index in [0.29, 0.717) is 10.5 Å². The van der Waals surface area contributed by atoms with E-state index < -0.39 is 0 Å². The number of likely N-dealkylation sites (N-methyl/N-ethyl adjacent to an activating group) is 1. The molecule has 0 aliphatic heterocycles. The lowest BCUT2D eigenvalue weighted by Gasteiger charge is -2.32. The van der Waals surface area contributed by atoms with Crippen molar-refractivity contribution in [3.05, 3.63) is 12.7 Å². The van der Waals surface area contributed by atoms with Crippen molar-refractivity contribution in [2.24, 2.45) is 0 Å². The van der Waals surface area contributed by atoms with Crippen LogP contribution in [0.4, 0.5) is 0 Å². The molecule has 0 saturated carbocycles. The monoisotopic (exact) mass is 389 g/mol. The fourth-order valence-electron chi connectivity index (χ4n) is 2.88. The highest BCUT2D eigenvalue weighted by Crippen LogP contribution is 2.17. The molecule has 0 heterocycles. The Balaban J connectivity index is 0. The Kier molecular flexibility index (Phi) is 16.8. The molecule has 2 nitrogen and oxygen atoms in total. The van der Waals surface area contributed by atoms with Crippen LogP contribution in [0, 0.1) is 0 Å². The summed E-state index contributed by atoms with van der Waals surface area (Å²) in [4.78, 5) is 11.8. The zero-order valence-corrected chi connectivity index (χ0v) is 17.7. The van der Waals surface area contributed by atoms with Crippen LogP contribution >= 0.6 is 0 Å². The maximum atomic E-state index is 11.8. The molecule has 0 radical (unpaired) electrons. The maximum absolute atomic E-state index is 11.8. The van der Waals surface area contributed by atoms with E-state index in [1.807, 2.05) is 14.1 Å². The molecular formula is C20H40BrNO. The Labute approximate surface area is 156 Å². The number of carbonyl (C=O) groups excluding carboxylic acids is 1. The predicted octanol–water partition coefficient (Wildman–Crippen LogP) is 2.87. The van der Waals surface area contributed by atoms with Gasteiger partial charge in [0.25, 0.3) is 0 Å². The molecule has 23 heavy (non-hydrogen) atoms. The van der Waals surface area contributed by atoms with Crippen molar-refractivity contribution < 1.29 is 26.3 Å². The standard InChI is InChI=1S/C20H40NO.BrH/c1-6-8-9-10-11-12-13-14-15-16-17-18-19(3)21(4,5)20(22)7-2;/h7,19H,2,6,8-18H2,1,3-5H3;1H/q+1;/p-1. The Morgan fingerprint density at radius 3 is 1.70 bits per heavy atom. The molecule has 138 valence electrons. The summed E-state index contributed by atoms with van der Waals surface area (Å²) in [5.41, 5.74) is 0. The van der Waals surface area contributed by atoms with Crippen LogP contribution < -0.4 is 17.0 Å². The molecule has 1 atom stereocenters. The Morgan fingerprint density at radius 1 is 0.913 bits per heavy atom. The summed E-state index contributed by atoms with van der Waals surface area (Å²) in [5.74, 6) is 0.121. The summed E-state index contributed by atoms with van der Waals surface area (Å²) in [6.45, 7) is 8.06. The highest BCUT2D eigenvalue weighted by atomic mass is 79.9. The summed E-state index contributed by atoms with van der Waals surface area (Å²) in [6.07, 6.45) is 17.7. The van der Waals surface area contributed by atoms with Crippen LogP contribution in [0.25, 0.3) is 0 Å². The first kappa shape index (κ1) is 25.1. The van der Waals surface area contributed by atoms with Crippen molar-refractivity contribution in [2.45, 2.75) is 96.9 Å². The van der Waals surface area contributed by atoms with E-state index in [4.69, 9.17) is 0 Å². The Hall–Kier alpha value is -0.150. The largest absolute Gasteiger partial charge is 1.00 e. The van der Waals surface area contributed by atoms with Crippen LogP contribution in [-0.4, -0.2) is 30.5 Å². The minimum atomic E-state index is 0. The molecule has 0 aromatic rings. The van der Waals surface area contributed by atoms with Crippen LogP contribution in [0.2, 0.25) is 0 Å². The second kappa shape index (κ2) is 15.4. The lowest BCUT2D eigenvalue weighted by Crippen LogP contribution is -3.00. The molecule has 0 N–H and O–H groups in total. The van der Waals surface area contributed by atoms with Gasteiger partial charge in [0.05, 0.1) is 20.1 Å². The Morgan fingerprint density at radius 2 is 1.30 bits per heavy atom. The van der Waals surface area contributed by atoms with Crippen LogP contribution in [0.3, 0.4) is 0 Å². The number of quaternary nitrogens is 1. The summed E-state index contributed by atoms with van der Waals surface area (Å²) in [7, 11) is 3.99. The van der Waals surface area contributed by atoms with Gasteiger partial charge in [-0.05, 0) is 19.8 Å². The van der Waals surface area contributed by atoms with Crippen molar-refractivity contribution in [1.82, 2.24) is 0 Å². The highest BCUT2D eigenvalue weighted by Gasteiger charge is 2.29. The van der Waals surface area contributed by atoms with Gasteiger partial charge in [-0.15, -0.1) is 0 Å². The molecule has 0 aromatic heterocycles. The van der Waals surface area contributed by atoms with Gasteiger partial charge in [0.15, 0.2) is 0 Å². The van der Waals surface area contributed by atoms with Gasteiger partial charge in [-0.1, -0.05) is 77.7 Å². The molecule has 0 aliphatic rings. The molecule has 0 aromatic carbocycles. The van der Waals surface area contributed by atoms with Crippen molar-refractivity contribution in [1.29, 1.82) is 0 Å². The second-order valence-electron chi connectivity index (χ2n) is 7.26. The topological polar surface area (TPSA) is 17.1 Å². The minimum absolute atomic E-state index is 0. The van der Waals surface area contributed by atoms with E-state index in [1.165, 1.54) is 76.7 Å². The molecule has 1 amide bonds. The third-order valence-electron chi connectivity index (χ3n) is 5.07. The first-order valence-electron chi connectivity index (χ1n) is 9.47. The summed E-state index contributed by atoms with van der Waals surface area (Å²) < 4.78 is 0.432. The average Bonchev–Trinajstić information content (AvgIpc) is 2.51. The summed E-state index contributed by atoms with van der Waals surface area (Å²) >= 11 is 0. The fraction of sp³-hybridized carbons (Fsp3) is 0.850. The van der Waals surface area contributed by atoms with E-state index in [9.17, 15) is 4.79 Å². The summed E-state index contributed by atoms with van der Waals surface area (Å²) in [5, 5.41) is 0. The molecule has 0 saturated heterocycles.